The molecule has 0 saturated heterocycles. The minimum atomic E-state index is -4.60. The molecule has 8 heteroatoms. The van der Waals surface area contributed by atoms with Crippen LogP contribution in [0, 0.1) is 0 Å². The van der Waals surface area contributed by atoms with Crippen LogP contribution in [0.2, 0.25) is 0 Å². The molecular weight excluding hydrogens is 429 g/mol. The van der Waals surface area contributed by atoms with Crippen LogP contribution in [0.15, 0.2) is 54.7 Å². The fourth-order valence-electron chi connectivity index (χ4n) is 3.17. The number of ether oxygens (including phenoxy) is 1. The van der Waals surface area contributed by atoms with E-state index in [0.717, 1.165) is 31.0 Å². The molecule has 33 heavy (non-hydrogen) atoms. The van der Waals surface area contributed by atoms with E-state index in [2.05, 4.69) is 41.4 Å². The maximum absolute atomic E-state index is 13.6. The summed E-state index contributed by atoms with van der Waals surface area (Å²) >= 11 is 0. The predicted octanol–water partition coefficient (Wildman–Crippen LogP) is 7.68. The zero-order chi connectivity index (χ0) is 23.8. The van der Waals surface area contributed by atoms with Crippen molar-refractivity contribution < 1.29 is 17.9 Å². The Labute approximate surface area is 192 Å². The maximum Gasteiger partial charge on any atom is 0.421 e. The van der Waals surface area contributed by atoms with Gasteiger partial charge in [0.2, 0.25) is 5.95 Å². The minimum Gasteiger partial charge on any atom is -0.494 e. The molecule has 5 nitrogen and oxygen atoms in total. The summed E-state index contributed by atoms with van der Waals surface area (Å²) in [7, 11) is 0. The SMILES string of the molecule is CCCCCOc1cccc(Nc2nc(Nc3ccc(C(C)C)cc3)ncc2C(F)(F)F)c1. The van der Waals surface area contributed by atoms with Crippen molar-refractivity contribution in [1.82, 2.24) is 9.97 Å². The fourth-order valence-corrected chi connectivity index (χ4v) is 3.17. The van der Waals surface area contributed by atoms with Crippen LogP contribution < -0.4 is 15.4 Å². The van der Waals surface area contributed by atoms with Crippen LogP contribution in [0.3, 0.4) is 0 Å². The summed E-state index contributed by atoms with van der Waals surface area (Å²) in [6.45, 7) is 6.84. The number of rotatable bonds is 10. The fraction of sp³-hybridized carbons (Fsp3) is 0.360. The van der Waals surface area contributed by atoms with Crippen LogP contribution in [-0.4, -0.2) is 16.6 Å². The lowest BCUT2D eigenvalue weighted by molar-refractivity contribution is -0.137. The molecule has 0 spiro atoms. The topological polar surface area (TPSA) is 59.1 Å². The lowest BCUT2D eigenvalue weighted by Crippen LogP contribution is -2.12. The average Bonchev–Trinajstić information content (AvgIpc) is 2.77. The van der Waals surface area contributed by atoms with Crippen molar-refractivity contribution in [2.24, 2.45) is 0 Å². The first-order chi connectivity index (χ1) is 15.8. The summed E-state index contributed by atoms with van der Waals surface area (Å²) < 4.78 is 46.5. The molecule has 0 bridgehead atoms. The second-order valence-electron chi connectivity index (χ2n) is 8.06. The van der Waals surface area contributed by atoms with Crippen LogP contribution >= 0.6 is 0 Å². The lowest BCUT2D eigenvalue weighted by Gasteiger charge is -2.16. The average molecular weight is 459 g/mol. The van der Waals surface area contributed by atoms with Crippen molar-refractivity contribution in [2.75, 3.05) is 17.2 Å². The summed E-state index contributed by atoms with van der Waals surface area (Å²) in [4.78, 5) is 7.98. The van der Waals surface area contributed by atoms with E-state index in [1.165, 1.54) is 0 Å². The molecule has 0 aliphatic carbocycles. The van der Waals surface area contributed by atoms with Gasteiger partial charge in [0.05, 0.1) is 6.61 Å². The molecule has 1 aromatic heterocycles. The van der Waals surface area contributed by atoms with Gasteiger partial charge in [-0.3, -0.25) is 0 Å². The Morgan fingerprint density at radius 3 is 2.39 bits per heavy atom. The molecule has 2 N–H and O–H groups in total. The van der Waals surface area contributed by atoms with Crippen LogP contribution in [0.5, 0.6) is 5.75 Å². The van der Waals surface area contributed by atoms with E-state index in [0.29, 0.717) is 29.6 Å². The molecule has 0 amide bonds. The first-order valence-corrected chi connectivity index (χ1v) is 11.1. The normalized spacial score (nSPS) is 11.5. The van der Waals surface area contributed by atoms with E-state index in [1.54, 1.807) is 24.3 Å². The van der Waals surface area contributed by atoms with Crippen molar-refractivity contribution in [1.29, 1.82) is 0 Å². The minimum absolute atomic E-state index is 0.0646. The quantitative estimate of drug-likeness (QED) is 0.305. The Hall–Kier alpha value is -3.29. The van der Waals surface area contributed by atoms with E-state index in [1.807, 2.05) is 24.3 Å². The Bertz CT molecular complexity index is 1040. The van der Waals surface area contributed by atoms with Crippen LogP contribution in [0.1, 0.15) is 57.1 Å². The lowest BCUT2D eigenvalue weighted by atomic mass is 10.0. The first-order valence-electron chi connectivity index (χ1n) is 11.1. The number of nitrogens with one attached hydrogen (secondary N) is 2. The summed E-state index contributed by atoms with van der Waals surface area (Å²) in [5.41, 5.74) is 1.34. The maximum atomic E-state index is 13.6. The third-order valence-electron chi connectivity index (χ3n) is 5.04. The van der Waals surface area contributed by atoms with Crippen molar-refractivity contribution in [3.63, 3.8) is 0 Å². The van der Waals surface area contributed by atoms with Crippen molar-refractivity contribution in [3.8, 4) is 5.75 Å². The largest absolute Gasteiger partial charge is 0.494 e. The smallest absolute Gasteiger partial charge is 0.421 e. The Morgan fingerprint density at radius 2 is 1.73 bits per heavy atom. The molecule has 0 saturated carbocycles. The van der Waals surface area contributed by atoms with E-state index < -0.39 is 11.7 Å². The zero-order valence-corrected chi connectivity index (χ0v) is 19.0. The summed E-state index contributed by atoms with van der Waals surface area (Å²) in [5, 5.41) is 5.75. The van der Waals surface area contributed by atoms with Gasteiger partial charge in [-0.1, -0.05) is 51.8 Å². The molecule has 3 aromatic rings. The van der Waals surface area contributed by atoms with Gasteiger partial charge in [-0.05, 0) is 42.2 Å². The second-order valence-corrected chi connectivity index (χ2v) is 8.06. The molecule has 1 heterocycles. The predicted molar refractivity (Wildman–Crippen MR) is 126 cm³/mol. The Morgan fingerprint density at radius 1 is 0.970 bits per heavy atom. The summed E-state index contributed by atoms with van der Waals surface area (Å²) in [6, 6.07) is 14.4. The summed E-state index contributed by atoms with van der Waals surface area (Å²) in [5.74, 6) is 0.697. The van der Waals surface area contributed by atoms with Crippen LogP contribution in [0.4, 0.5) is 36.3 Å². The highest BCUT2D eigenvalue weighted by Crippen LogP contribution is 2.35. The molecule has 2 aromatic carbocycles. The van der Waals surface area contributed by atoms with Gasteiger partial charge in [0.15, 0.2) is 0 Å². The first kappa shape index (κ1) is 24.4. The molecule has 0 fully saturated rings. The number of alkyl halides is 3. The Kier molecular flexibility index (Phi) is 8.14. The third-order valence-corrected chi connectivity index (χ3v) is 5.04. The zero-order valence-electron chi connectivity index (χ0n) is 19.0. The van der Waals surface area contributed by atoms with Gasteiger partial charge in [-0.15, -0.1) is 0 Å². The van der Waals surface area contributed by atoms with E-state index in [9.17, 15) is 13.2 Å². The number of nitrogens with zero attached hydrogens (tertiary/aromatic N) is 2. The Balaban J connectivity index is 1.81. The van der Waals surface area contributed by atoms with Gasteiger partial charge >= 0.3 is 6.18 Å². The van der Waals surface area contributed by atoms with Gasteiger partial charge in [-0.25, -0.2) is 4.98 Å². The molecule has 0 radical (unpaired) electrons. The van der Waals surface area contributed by atoms with Gasteiger partial charge in [0, 0.05) is 23.6 Å². The summed E-state index contributed by atoms with van der Waals surface area (Å²) in [6.07, 6.45) is -0.758. The van der Waals surface area contributed by atoms with Crippen molar-refractivity contribution >= 4 is 23.1 Å². The third kappa shape index (κ3) is 7.10. The van der Waals surface area contributed by atoms with Gasteiger partial charge < -0.3 is 15.4 Å². The van der Waals surface area contributed by atoms with Crippen molar-refractivity contribution in [3.05, 3.63) is 65.9 Å². The monoisotopic (exact) mass is 458 g/mol. The molecule has 0 atom stereocenters. The number of benzene rings is 2. The van der Waals surface area contributed by atoms with E-state index >= 15 is 0 Å². The second kappa shape index (κ2) is 11.0. The molecule has 0 aliphatic rings. The van der Waals surface area contributed by atoms with Crippen molar-refractivity contribution in [2.45, 2.75) is 52.1 Å². The van der Waals surface area contributed by atoms with Gasteiger partial charge in [0.1, 0.15) is 17.1 Å². The number of halogens is 3. The standard InChI is InChI=1S/C25H29F3N4O/c1-4-5-6-14-33-21-9-7-8-20(15-21)30-23-22(25(26,27)28)16-29-24(32-23)31-19-12-10-18(11-13-19)17(2)3/h7-13,15-17H,4-6,14H2,1-3H3,(H2,29,30,31,32). The highest BCUT2D eigenvalue weighted by atomic mass is 19.4. The molecule has 0 unspecified atom stereocenters. The number of aromatic nitrogens is 2. The highest BCUT2D eigenvalue weighted by Gasteiger charge is 2.35. The molecule has 0 aliphatic heterocycles. The highest BCUT2D eigenvalue weighted by molar-refractivity contribution is 5.64. The molecular formula is C25H29F3N4O. The van der Waals surface area contributed by atoms with Gasteiger partial charge in [0.25, 0.3) is 0 Å². The van der Waals surface area contributed by atoms with Crippen LogP contribution in [-0.2, 0) is 6.18 Å². The van der Waals surface area contributed by atoms with Gasteiger partial charge in [-0.2, -0.15) is 18.2 Å². The number of hydrogen-bond acceptors (Lipinski definition) is 5. The molecule has 3 rings (SSSR count). The number of anilines is 4. The van der Waals surface area contributed by atoms with Crippen LogP contribution in [0.25, 0.3) is 0 Å². The van der Waals surface area contributed by atoms with E-state index in [4.69, 9.17) is 4.74 Å². The molecule has 176 valence electrons. The number of hydrogen-bond donors (Lipinski definition) is 2. The van der Waals surface area contributed by atoms with E-state index in [-0.39, 0.29) is 11.8 Å². The number of unbranched alkanes of at least 4 members (excludes halogenated alkanes) is 2.